The Labute approximate surface area is 303 Å². The number of hydrogen-bond acceptors (Lipinski definition) is 8. The maximum atomic E-state index is 5.24. The molecule has 0 amide bonds. The van der Waals surface area contributed by atoms with Gasteiger partial charge in [0.1, 0.15) is 23.9 Å². The second-order valence-corrected chi connectivity index (χ2v) is 14.3. The Morgan fingerprint density at radius 1 is 0.788 bits per heavy atom. The van der Waals surface area contributed by atoms with Crippen molar-refractivity contribution in [2.75, 3.05) is 10.6 Å². The number of dihydropyridines is 1. The summed E-state index contributed by atoms with van der Waals surface area (Å²) in [6.45, 7) is 10.7. The van der Waals surface area contributed by atoms with E-state index in [-0.39, 0.29) is 17.9 Å². The first kappa shape index (κ1) is 31.8. The molecule has 1 unspecified atom stereocenters. The van der Waals surface area contributed by atoms with Gasteiger partial charge in [-0.25, -0.2) is 20.0 Å². The average Bonchev–Trinajstić information content (AvgIpc) is 3.96. The van der Waals surface area contributed by atoms with Gasteiger partial charge in [-0.15, -0.1) is 0 Å². The van der Waals surface area contributed by atoms with Crippen LogP contribution in [0.5, 0.6) is 0 Å². The third kappa shape index (κ3) is 5.42. The lowest BCUT2D eigenvalue weighted by Gasteiger charge is -2.32. The molecule has 2 aromatic carbocycles. The van der Waals surface area contributed by atoms with Crippen LogP contribution in [-0.4, -0.2) is 57.4 Å². The van der Waals surface area contributed by atoms with Crippen LogP contribution in [0.1, 0.15) is 51.2 Å². The molecule has 0 radical (unpaired) electrons. The molecule has 2 N–H and O–H groups in total. The van der Waals surface area contributed by atoms with Gasteiger partial charge in [-0.05, 0) is 94.3 Å². The summed E-state index contributed by atoms with van der Waals surface area (Å²) in [5, 5.41) is 7.31. The average molecular weight is 685 g/mol. The van der Waals surface area contributed by atoms with Crippen LogP contribution in [0.4, 0.5) is 22.7 Å². The van der Waals surface area contributed by atoms with Crippen molar-refractivity contribution in [1.82, 2.24) is 9.13 Å². The first-order valence-electron chi connectivity index (χ1n) is 17.9. The maximum Gasteiger partial charge on any atom is 0.145 e. The number of nitrogens with zero attached hydrogens (tertiary/aromatic N) is 8. The Morgan fingerprint density at radius 2 is 1.46 bits per heavy atom. The standard InChI is InChI=1S/C42H40N10/c1-24(2)47-34-19-27(51-14-6-7-15-51)18-33(26(34)5)43-13-12-32-29-10-11-30-37(29)39-41(49-32)45-23-46-42(39)50-40(30)31-22-44-35-20-28(52-16-8-9-17-52)21-36(38(31)35)48-25(3)4/h6-11,13-25,31,39,47-48H,12H2,1-5H3/t31-,39?/m1/s1. The number of rotatable bonds is 10. The molecule has 0 saturated heterocycles. The zero-order chi connectivity index (χ0) is 35.5. The molecule has 9 rings (SSSR count). The predicted molar refractivity (Wildman–Crippen MR) is 215 cm³/mol. The van der Waals surface area contributed by atoms with Gasteiger partial charge >= 0.3 is 0 Å². The van der Waals surface area contributed by atoms with Gasteiger partial charge in [-0.3, -0.25) is 9.98 Å². The molecule has 0 fully saturated rings. The summed E-state index contributed by atoms with van der Waals surface area (Å²) < 4.78 is 4.22. The van der Waals surface area contributed by atoms with Crippen LogP contribution in [0.15, 0.2) is 138 Å². The van der Waals surface area contributed by atoms with Crippen molar-refractivity contribution in [3.63, 3.8) is 0 Å². The fourth-order valence-corrected chi connectivity index (χ4v) is 7.65. The Hall–Kier alpha value is -6.16. The summed E-state index contributed by atoms with van der Waals surface area (Å²) in [7, 11) is 0. The monoisotopic (exact) mass is 684 g/mol. The van der Waals surface area contributed by atoms with Crippen LogP contribution in [0, 0.1) is 12.8 Å². The smallest absolute Gasteiger partial charge is 0.145 e. The molecule has 1 aliphatic carbocycles. The van der Waals surface area contributed by atoms with E-state index in [1.807, 2.05) is 36.7 Å². The lowest BCUT2D eigenvalue weighted by Crippen LogP contribution is -2.36. The van der Waals surface area contributed by atoms with Crippen molar-refractivity contribution in [3.05, 3.63) is 119 Å². The van der Waals surface area contributed by atoms with Crippen LogP contribution in [-0.2, 0) is 0 Å². The van der Waals surface area contributed by atoms with Crippen LogP contribution in [0.2, 0.25) is 0 Å². The highest BCUT2D eigenvalue weighted by molar-refractivity contribution is 6.29. The normalized spacial score (nSPS) is 19.6. The number of nitrogens with one attached hydrogen (secondary N) is 2. The molecule has 10 nitrogen and oxygen atoms in total. The highest BCUT2D eigenvalue weighted by Crippen LogP contribution is 2.48. The van der Waals surface area contributed by atoms with Gasteiger partial charge < -0.3 is 19.8 Å². The predicted octanol–water partition coefficient (Wildman–Crippen LogP) is 8.85. The van der Waals surface area contributed by atoms with E-state index in [0.29, 0.717) is 12.5 Å². The largest absolute Gasteiger partial charge is 0.383 e. The first-order valence-corrected chi connectivity index (χ1v) is 17.9. The molecule has 52 heavy (non-hydrogen) atoms. The van der Waals surface area contributed by atoms with Crippen molar-refractivity contribution in [3.8, 4) is 11.4 Å². The van der Waals surface area contributed by atoms with Gasteiger partial charge in [0.15, 0.2) is 0 Å². The van der Waals surface area contributed by atoms with Crippen molar-refractivity contribution in [1.29, 1.82) is 0 Å². The molecule has 5 aliphatic rings. The lowest BCUT2D eigenvalue weighted by atomic mass is 9.79. The Bertz CT molecular complexity index is 2390. The number of benzene rings is 2. The highest BCUT2D eigenvalue weighted by atomic mass is 15.1. The van der Waals surface area contributed by atoms with Gasteiger partial charge in [0.2, 0.25) is 0 Å². The third-order valence-corrected chi connectivity index (χ3v) is 9.94. The van der Waals surface area contributed by atoms with Crippen molar-refractivity contribution in [2.45, 2.75) is 59.0 Å². The van der Waals surface area contributed by atoms with Gasteiger partial charge in [0.25, 0.3) is 0 Å². The van der Waals surface area contributed by atoms with Gasteiger partial charge in [0, 0.05) is 95.2 Å². The summed E-state index contributed by atoms with van der Waals surface area (Å²) in [5.74, 6) is 1.12. The summed E-state index contributed by atoms with van der Waals surface area (Å²) >= 11 is 0. The summed E-state index contributed by atoms with van der Waals surface area (Å²) in [6.07, 6.45) is 18.8. The zero-order valence-corrected chi connectivity index (χ0v) is 29.9. The van der Waals surface area contributed by atoms with E-state index in [4.69, 9.17) is 25.0 Å². The van der Waals surface area contributed by atoms with Crippen molar-refractivity contribution >= 4 is 58.9 Å². The molecular weight excluding hydrogens is 645 g/mol. The van der Waals surface area contributed by atoms with E-state index in [1.54, 1.807) is 6.34 Å². The molecule has 6 heterocycles. The molecule has 0 saturated carbocycles. The molecule has 258 valence electrons. The van der Waals surface area contributed by atoms with Gasteiger partial charge in [-0.1, -0.05) is 12.2 Å². The first-order chi connectivity index (χ1) is 25.3. The molecular formula is C42H40N10. The van der Waals surface area contributed by atoms with Crippen molar-refractivity contribution < 1.29 is 0 Å². The summed E-state index contributed by atoms with van der Waals surface area (Å²) in [5.41, 5.74) is 13.6. The third-order valence-electron chi connectivity index (χ3n) is 9.94. The minimum absolute atomic E-state index is 0.138. The highest BCUT2D eigenvalue weighted by Gasteiger charge is 2.44. The number of allylic oxidation sites excluding steroid dienone is 5. The lowest BCUT2D eigenvalue weighted by molar-refractivity contribution is 0.894. The van der Waals surface area contributed by atoms with Crippen molar-refractivity contribution in [2.24, 2.45) is 35.9 Å². The number of anilines is 2. The molecule has 10 heteroatoms. The number of aliphatic imine (C=N–C) groups is 6. The molecule has 4 aromatic rings. The number of fused-ring (bicyclic) bond motifs is 1. The van der Waals surface area contributed by atoms with E-state index >= 15 is 0 Å². The molecule has 0 spiro atoms. The van der Waals surface area contributed by atoms with Gasteiger partial charge in [0.05, 0.1) is 28.7 Å². The Kier molecular flexibility index (Phi) is 7.68. The molecule has 0 bridgehead atoms. The SMILES string of the molecule is Cc1c(N=CCC2=C3C=CC4=C3C3C(=NC=NC3=N2)N=C4[C@@H]2C=Nc3cc(-n4cccc4)cc(NC(C)C)c32)cc(-n2cccc2)cc1NC(C)C. The fourth-order valence-electron chi connectivity index (χ4n) is 7.65. The number of aromatic nitrogens is 2. The van der Waals surface area contributed by atoms with Crippen LogP contribution >= 0.6 is 0 Å². The quantitative estimate of drug-likeness (QED) is 0.163. The van der Waals surface area contributed by atoms with Crippen LogP contribution < -0.4 is 10.6 Å². The maximum absolute atomic E-state index is 5.24. The number of amidine groups is 2. The Morgan fingerprint density at radius 3 is 2.19 bits per heavy atom. The Balaban J connectivity index is 1.08. The zero-order valence-electron chi connectivity index (χ0n) is 29.9. The summed E-state index contributed by atoms with van der Waals surface area (Å²) in [4.78, 5) is 29.7. The van der Waals surface area contributed by atoms with Gasteiger partial charge in [-0.2, -0.15) is 0 Å². The van der Waals surface area contributed by atoms with E-state index < -0.39 is 0 Å². The number of hydrogen-bond donors (Lipinski definition) is 2. The second-order valence-electron chi connectivity index (χ2n) is 14.3. The minimum Gasteiger partial charge on any atom is -0.383 e. The molecule has 2 atom stereocenters. The fraction of sp³-hybridized carbons (Fsp3) is 0.238. The molecule has 2 aromatic heterocycles. The van der Waals surface area contributed by atoms with E-state index in [1.165, 1.54) is 5.57 Å². The van der Waals surface area contributed by atoms with E-state index in [0.717, 1.165) is 79.5 Å². The second kappa shape index (κ2) is 12.6. The molecule has 4 aliphatic heterocycles. The summed E-state index contributed by atoms with van der Waals surface area (Å²) in [6, 6.07) is 17.4. The topological polar surface area (TPSA) is 108 Å². The minimum atomic E-state index is -0.193. The van der Waals surface area contributed by atoms with E-state index in [9.17, 15) is 0 Å². The van der Waals surface area contributed by atoms with Crippen LogP contribution in [0.25, 0.3) is 11.4 Å². The van der Waals surface area contributed by atoms with Crippen LogP contribution in [0.3, 0.4) is 0 Å². The van der Waals surface area contributed by atoms with E-state index in [2.05, 4.69) is 121 Å².